The Kier molecular flexibility index (Phi) is 6.69. The molecule has 4 heteroatoms. The maximum atomic E-state index is 11.6. The van der Waals surface area contributed by atoms with E-state index in [4.69, 9.17) is 15.2 Å². The number of hydrogen-bond donors (Lipinski definition) is 1. The number of benzene rings is 1. The van der Waals surface area contributed by atoms with Crippen LogP contribution in [0.15, 0.2) is 24.3 Å². The molecule has 2 N–H and O–H groups in total. The van der Waals surface area contributed by atoms with Crippen molar-refractivity contribution in [2.24, 2.45) is 11.1 Å². The predicted molar refractivity (Wildman–Crippen MR) is 84.3 cm³/mol. The molecule has 0 heterocycles. The molecule has 0 radical (unpaired) electrons. The van der Waals surface area contributed by atoms with Gasteiger partial charge in [0.25, 0.3) is 0 Å². The lowest BCUT2D eigenvalue weighted by Gasteiger charge is -2.34. The molecule has 0 spiro atoms. The summed E-state index contributed by atoms with van der Waals surface area (Å²) >= 11 is 0. The van der Waals surface area contributed by atoms with E-state index in [1.807, 2.05) is 19.1 Å². The molecule has 0 saturated heterocycles. The lowest BCUT2D eigenvalue weighted by atomic mass is 9.74. The summed E-state index contributed by atoms with van der Waals surface area (Å²) in [5.41, 5.74) is 7.21. The Balaban J connectivity index is 2.73. The van der Waals surface area contributed by atoms with Gasteiger partial charge < -0.3 is 15.2 Å². The lowest BCUT2D eigenvalue weighted by Crippen LogP contribution is -2.41. The van der Waals surface area contributed by atoms with Gasteiger partial charge in [0, 0.05) is 6.04 Å². The molecule has 1 aromatic carbocycles. The van der Waals surface area contributed by atoms with Crippen LogP contribution in [0.25, 0.3) is 0 Å². The van der Waals surface area contributed by atoms with Crippen LogP contribution in [-0.2, 0) is 16.0 Å². The second-order valence-corrected chi connectivity index (χ2v) is 5.77. The Morgan fingerprint density at radius 2 is 1.90 bits per heavy atom. The zero-order valence-corrected chi connectivity index (χ0v) is 13.5. The number of carbonyl (C=O) groups is 1. The number of esters is 1. The molecule has 0 bridgehead atoms. The molecule has 0 aliphatic carbocycles. The summed E-state index contributed by atoms with van der Waals surface area (Å²) in [6.45, 7) is 4.12. The quantitative estimate of drug-likeness (QED) is 0.749. The van der Waals surface area contributed by atoms with Crippen molar-refractivity contribution in [2.75, 3.05) is 14.2 Å². The first-order valence-corrected chi connectivity index (χ1v) is 7.40. The molecule has 0 aliphatic rings. The van der Waals surface area contributed by atoms with E-state index in [0.29, 0.717) is 6.42 Å². The standard InChI is InChI=1S/C17H27NO3/c1-5-15(18)17(2,12-16(19)21-4)11-10-13-6-8-14(20-3)9-7-13/h6-9,15H,5,10-12,18H2,1-4H3. The van der Waals surface area contributed by atoms with Crippen molar-refractivity contribution < 1.29 is 14.3 Å². The molecular weight excluding hydrogens is 266 g/mol. The average molecular weight is 293 g/mol. The van der Waals surface area contributed by atoms with Crippen molar-refractivity contribution >= 4 is 5.97 Å². The van der Waals surface area contributed by atoms with Gasteiger partial charge in [-0.3, -0.25) is 4.79 Å². The van der Waals surface area contributed by atoms with Gasteiger partial charge in [0.15, 0.2) is 0 Å². The fraction of sp³-hybridized carbons (Fsp3) is 0.588. The van der Waals surface area contributed by atoms with Crippen LogP contribution in [0.3, 0.4) is 0 Å². The second kappa shape index (κ2) is 8.03. The van der Waals surface area contributed by atoms with Crippen molar-refractivity contribution in [3.63, 3.8) is 0 Å². The summed E-state index contributed by atoms with van der Waals surface area (Å²) in [6, 6.07) is 7.98. The second-order valence-electron chi connectivity index (χ2n) is 5.77. The maximum absolute atomic E-state index is 11.6. The van der Waals surface area contributed by atoms with Gasteiger partial charge >= 0.3 is 5.97 Å². The Morgan fingerprint density at radius 1 is 1.29 bits per heavy atom. The van der Waals surface area contributed by atoms with E-state index < -0.39 is 0 Å². The number of rotatable bonds is 8. The van der Waals surface area contributed by atoms with E-state index in [1.54, 1.807) is 7.11 Å². The summed E-state index contributed by atoms with van der Waals surface area (Å²) < 4.78 is 9.97. The minimum absolute atomic E-state index is 0.0187. The van der Waals surface area contributed by atoms with Crippen molar-refractivity contribution in [1.82, 2.24) is 0 Å². The van der Waals surface area contributed by atoms with Crippen molar-refractivity contribution in [3.8, 4) is 5.75 Å². The van der Waals surface area contributed by atoms with Crippen LogP contribution in [0.1, 0.15) is 38.7 Å². The van der Waals surface area contributed by atoms with Crippen LogP contribution >= 0.6 is 0 Å². The van der Waals surface area contributed by atoms with Crippen LogP contribution in [0.4, 0.5) is 0 Å². The van der Waals surface area contributed by atoms with Gasteiger partial charge in [-0.15, -0.1) is 0 Å². The zero-order valence-electron chi connectivity index (χ0n) is 13.5. The van der Waals surface area contributed by atoms with Crippen molar-refractivity contribution in [2.45, 2.75) is 45.6 Å². The predicted octanol–water partition coefficient (Wildman–Crippen LogP) is 2.93. The molecule has 1 rings (SSSR count). The van der Waals surface area contributed by atoms with Gasteiger partial charge in [0.1, 0.15) is 5.75 Å². The maximum Gasteiger partial charge on any atom is 0.306 e. The molecule has 21 heavy (non-hydrogen) atoms. The number of methoxy groups -OCH3 is 2. The Morgan fingerprint density at radius 3 is 2.38 bits per heavy atom. The monoisotopic (exact) mass is 293 g/mol. The molecule has 1 aromatic rings. The van der Waals surface area contributed by atoms with E-state index in [9.17, 15) is 4.79 Å². The van der Waals surface area contributed by atoms with Crippen LogP contribution in [0.2, 0.25) is 0 Å². The molecule has 0 aromatic heterocycles. The minimum atomic E-state index is -0.248. The summed E-state index contributed by atoms with van der Waals surface area (Å²) in [5, 5.41) is 0. The first-order valence-electron chi connectivity index (χ1n) is 7.40. The molecular formula is C17H27NO3. The number of nitrogens with two attached hydrogens (primary N) is 1. The molecule has 0 amide bonds. The number of ether oxygens (including phenoxy) is 2. The Bertz CT molecular complexity index is 444. The lowest BCUT2D eigenvalue weighted by molar-refractivity contribution is -0.143. The van der Waals surface area contributed by atoms with E-state index in [1.165, 1.54) is 12.7 Å². The molecule has 2 unspecified atom stereocenters. The highest BCUT2D eigenvalue weighted by atomic mass is 16.5. The third-order valence-corrected chi connectivity index (χ3v) is 4.25. The van der Waals surface area contributed by atoms with Gasteiger partial charge in [-0.2, -0.15) is 0 Å². The zero-order chi connectivity index (χ0) is 15.9. The molecule has 118 valence electrons. The van der Waals surface area contributed by atoms with E-state index in [0.717, 1.165) is 25.0 Å². The van der Waals surface area contributed by atoms with Gasteiger partial charge in [-0.05, 0) is 42.4 Å². The van der Waals surface area contributed by atoms with Crippen LogP contribution in [0.5, 0.6) is 5.75 Å². The first kappa shape index (κ1) is 17.5. The normalized spacial score (nSPS) is 15.1. The largest absolute Gasteiger partial charge is 0.497 e. The third kappa shape index (κ3) is 5.05. The Hall–Kier alpha value is -1.55. The molecule has 2 atom stereocenters. The number of carbonyl (C=O) groups excluding carboxylic acids is 1. The molecule has 0 aliphatic heterocycles. The highest BCUT2D eigenvalue weighted by Gasteiger charge is 2.33. The first-order chi connectivity index (χ1) is 9.95. The number of aryl methyl sites for hydroxylation is 1. The van der Waals surface area contributed by atoms with E-state index in [-0.39, 0.29) is 17.4 Å². The molecule has 0 saturated carbocycles. The van der Waals surface area contributed by atoms with E-state index in [2.05, 4.69) is 19.1 Å². The summed E-state index contributed by atoms with van der Waals surface area (Å²) in [7, 11) is 3.08. The van der Waals surface area contributed by atoms with Crippen molar-refractivity contribution in [3.05, 3.63) is 29.8 Å². The average Bonchev–Trinajstić information content (AvgIpc) is 2.52. The molecule has 4 nitrogen and oxygen atoms in total. The minimum Gasteiger partial charge on any atom is -0.497 e. The van der Waals surface area contributed by atoms with Crippen LogP contribution < -0.4 is 10.5 Å². The van der Waals surface area contributed by atoms with Gasteiger partial charge in [-0.25, -0.2) is 0 Å². The fourth-order valence-corrected chi connectivity index (χ4v) is 2.52. The summed E-state index contributed by atoms with van der Waals surface area (Å²) in [4.78, 5) is 11.6. The van der Waals surface area contributed by atoms with Crippen LogP contribution in [-0.4, -0.2) is 26.2 Å². The fourth-order valence-electron chi connectivity index (χ4n) is 2.52. The third-order valence-electron chi connectivity index (χ3n) is 4.25. The van der Waals surface area contributed by atoms with Gasteiger partial charge in [0.2, 0.25) is 0 Å². The topological polar surface area (TPSA) is 61.5 Å². The summed E-state index contributed by atoms with van der Waals surface area (Å²) in [5.74, 6) is 0.650. The van der Waals surface area contributed by atoms with Gasteiger partial charge in [-0.1, -0.05) is 26.0 Å². The molecule has 0 fully saturated rings. The highest BCUT2D eigenvalue weighted by Crippen LogP contribution is 2.33. The smallest absolute Gasteiger partial charge is 0.306 e. The SMILES string of the molecule is CCC(N)C(C)(CCc1ccc(OC)cc1)CC(=O)OC. The van der Waals surface area contributed by atoms with Crippen molar-refractivity contribution in [1.29, 1.82) is 0 Å². The van der Waals surface area contributed by atoms with Gasteiger partial charge in [0.05, 0.1) is 20.6 Å². The van der Waals surface area contributed by atoms with E-state index >= 15 is 0 Å². The number of hydrogen-bond acceptors (Lipinski definition) is 4. The highest BCUT2D eigenvalue weighted by molar-refractivity contribution is 5.70. The summed E-state index contributed by atoms with van der Waals surface area (Å²) in [6.07, 6.45) is 2.93. The Labute approximate surface area is 127 Å². The van der Waals surface area contributed by atoms with Crippen LogP contribution in [0, 0.1) is 5.41 Å².